The third-order valence-electron chi connectivity index (χ3n) is 4.50. The molecule has 0 spiro atoms. The van der Waals surface area contributed by atoms with Crippen LogP contribution in [0.2, 0.25) is 0 Å². The number of ether oxygens (including phenoxy) is 1. The number of hydrogen-bond donors (Lipinski definition) is 2. The first-order valence-electron chi connectivity index (χ1n) is 8.99. The van der Waals surface area contributed by atoms with Crippen molar-refractivity contribution in [3.63, 3.8) is 0 Å². The number of likely N-dealkylation sites (N-methyl/N-ethyl adjacent to an activating group) is 1. The normalized spacial score (nSPS) is 19.4. The Balaban J connectivity index is 1.98. The van der Waals surface area contributed by atoms with Gasteiger partial charge in [-0.15, -0.1) is 0 Å². The zero-order chi connectivity index (χ0) is 19.1. The van der Waals surface area contributed by atoms with E-state index in [0.717, 1.165) is 32.6 Å². The molecular formula is C17H29N5O4. The molecule has 2 N–H and O–H groups in total. The number of rotatable bonds is 6. The highest BCUT2D eigenvalue weighted by Crippen LogP contribution is 2.12. The summed E-state index contributed by atoms with van der Waals surface area (Å²) in [6.45, 7) is 6.36. The summed E-state index contributed by atoms with van der Waals surface area (Å²) >= 11 is 0. The molecule has 0 radical (unpaired) electrons. The van der Waals surface area contributed by atoms with E-state index in [1.54, 1.807) is 25.9 Å². The molecule has 9 nitrogen and oxygen atoms in total. The molecule has 0 aromatic heterocycles. The lowest BCUT2D eigenvalue weighted by Crippen LogP contribution is -2.47. The smallest absolute Gasteiger partial charge is 0.337 e. The van der Waals surface area contributed by atoms with Gasteiger partial charge in [0.1, 0.15) is 0 Å². The van der Waals surface area contributed by atoms with Gasteiger partial charge in [-0.1, -0.05) is 0 Å². The Morgan fingerprint density at radius 2 is 1.85 bits per heavy atom. The van der Waals surface area contributed by atoms with Crippen LogP contribution in [0, 0.1) is 0 Å². The van der Waals surface area contributed by atoms with Crippen molar-refractivity contribution >= 4 is 17.9 Å². The Morgan fingerprint density at radius 1 is 1.15 bits per heavy atom. The van der Waals surface area contributed by atoms with E-state index in [9.17, 15) is 14.4 Å². The fraction of sp³-hybridized carbons (Fsp3) is 0.706. The standard InChI is InChI=1S/C17H29N5O4/c1-4-26-16(24)13-10-18-17(25)19-14(13)11-21-6-5-7-22(9-8-21)12-15(23)20(2)3/h4-12H2,1-3H3,(H2,18,19,25). The Labute approximate surface area is 154 Å². The molecule has 2 aliphatic heterocycles. The lowest BCUT2D eigenvalue weighted by Gasteiger charge is -2.27. The second-order valence-corrected chi connectivity index (χ2v) is 6.68. The van der Waals surface area contributed by atoms with Crippen LogP contribution in [0.15, 0.2) is 11.3 Å². The van der Waals surface area contributed by atoms with Crippen LogP contribution in [-0.2, 0) is 14.3 Å². The minimum atomic E-state index is -0.400. The Bertz CT molecular complexity index is 576. The average molecular weight is 367 g/mol. The van der Waals surface area contributed by atoms with Crippen molar-refractivity contribution in [2.24, 2.45) is 0 Å². The molecule has 0 bridgehead atoms. The third-order valence-corrected chi connectivity index (χ3v) is 4.50. The first-order chi connectivity index (χ1) is 12.4. The largest absolute Gasteiger partial charge is 0.463 e. The Kier molecular flexibility index (Phi) is 7.40. The molecule has 3 amide bonds. The molecule has 1 fully saturated rings. The summed E-state index contributed by atoms with van der Waals surface area (Å²) in [5.74, 6) is -0.306. The summed E-state index contributed by atoms with van der Waals surface area (Å²) in [4.78, 5) is 41.6. The van der Waals surface area contributed by atoms with Crippen molar-refractivity contribution < 1.29 is 19.1 Å². The summed E-state index contributed by atoms with van der Waals surface area (Å²) in [6.07, 6.45) is 0.926. The summed E-state index contributed by atoms with van der Waals surface area (Å²) in [7, 11) is 3.52. The zero-order valence-corrected chi connectivity index (χ0v) is 15.8. The van der Waals surface area contributed by atoms with Crippen molar-refractivity contribution in [3.05, 3.63) is 11.3 Å². The second-order valence-electron chi connectivity index (χ2n) is 6.68. The van der Waals surface area contributed by atoms with Crippen molar-refractivity contribution in [2.75, 3.05) is 66.5 Å². The molecule has 2 rings (SSSR count). The average Bonchev–Trinajstić information content (AvgIpc) is 2.80. The van der Waals surface area contributed by atoms with E-state index in [2.05, 4.69) is 20.4 Å². The van der Waals surface area contributed by atoms with E-state index in [1.165, 1.54) is 0 Å². The number of esters is 1. The number of carbonyl (C=O) groups is 3. The highest BCUT2D eigenvalue weighted by molar-refractivity contribution is 5.93. The number of carbonyl (C=O) groups excluding carboxylic acids is 3. The van der Waals surface area contributed by atoms with Crippen LogP contribution in [0.1, 0.15) is 13.3 Å². The summed E-state index contributed by atoms with van der Waals surface area (Å²) in [5, 5.41) is 5.36. The highest BCUT2D eigenvalue weighted by atomic mass is 16.5. The lowest BCUT2D eigenvalue weighted by molar-refractivity contribution is -0.138. The van der Waals surface area contributed by atoms with Gasteiger partial charge in [0, 0.05) is 39.4 Å². The first-order valence-corrected chi connectivity index (χ1v) is 8.99. The van der Waals surface area contributed by atoms with Gasteiger partial charge in [0.15, 0.2) is 0 Å². The van der Waals surface area contributed by atoms with Crippen molar-refractivity contribution in [1.29, 1.82) is 0 Å². The molecular weight excluding hydrogens is 338 g/mol. The SMILES string of the molecule is CCOC(=O)C1=C(CN2CCCN(CC(=O)N(C)C)CC2)NC(=O)NC1. The predicted octanol–water partition coefficient (Wildman–Crippen LogP) is -0.788. The van der Waals surface area contributed by atoms with E-state index >= 15 is 0 Å². The van der Waals surface area contributed by atoms with Crippen LogP contribution >= 0.6 is 0 Å². The molecule has 0 aromatic rings. The van der Waals surface area contributed by atoms with Crippen LogP contribution in [0.5, 0.6) is 0 Å². The molecule has 146 valence electrons. The van der Waals surface area contributed by atoms with E-state index < -0.39 is 5.97 Å². The number of urea groups is 1. The van der Waals surface area contributed by atoms with Crippen molar-refractivity contribution in [3.8, 4) is 0 Å². The molecule has 0 saturated carbocycles. The van der Waals surface area contributed by atoms with E-state index in [1.807, 2.05) is 0 Å². The third kappa shape index (κ3) is 5.70. The summed E-state index contributed by atoms with van der Waals surface area (Å²) < 4.78 is 5.09. The van der Waals surface area contributed by atoms with Gasteiger partial charge in [0.05, 0.1) is 25.3 Å². The van der Waals surface area contributed by atoms with Gasteiger partial charge < -0.3 is 20.3 Å². The zero-order valence-electron chi connectivity index (χ0n) is 15.8. The number of amides is 3. The Hall–Kier alpha value is -2.13. The summed E-state index contributed by atoms with van der Waals surface area (Å²) in [6, 6.07) is -0.305. The van der Waals surface area contributed by atoms with Crippen LogP contribution in [0.4, 0.5) is 4.79 Å². The highest BCUT2D eigenvalue weighted by Gasteiger charge is 2.26. The van der Waals surface area contributed by atoms with Crippen molar-refractivity contribution in [2.45, 2.75) is 13.3 Å². The fourth-order valence-corrected chi connectivity index (χ4v) is 2.98. The first kappa shape index (κ1) is 20.2. The maximum atomic E-state index is 12.1. The van der Waals surface area contributed by atoms with Gasteiger partial charge in [-0.3, -0.25) is 14.6 Å². The number of hydrogen-bond acceptors (Lipinski definition) is 6. The maximum absolute atomic E-state index is 12.1. The van der Waals surface area contributed by atoms with E-state index in [-0.39, 0.29) is 18.5 Å². The molecule has 9 heteroatoms. The minimum Gasteiger partial charge on any atom is -0.463 e. The van der Waals surface area contributed by atoms with Gasteiger partial charge in [-0.25, -0.2) is 9.59 Å². The van der Waals surface area contributed by atoms with Crippen LogP contribution in [-0.4, -0.2) is 99.1 Å². The second kappa shape index (κ2) is 9.54. The number of nitrogens with one attached hydrogen (secondary N) is 2. The monoisotopic (exact) mass is 367 g/mol. The summed E-state index contributed by atoms with van der Waals surface area (Å²) in [5.41, 5.74) is 1.07. The van der Waals surface area contributed by atoms with E-state index in [4.69, 9.17) is 4.74 Å². The number of nitrogens with zero attached hydrogens (tertiary/aromatic N) is 3. The molecule has 2 aliphatic rings. The molecule has 2 heterocycles. The predicted molar refractivity (Wildman–Crippen MR) is 96.4 cm³/mol. The molecule has 1 saturated heterocycles. The lowest BCUT2D eigenvalue weighted by atomic mass is 10.1. The molecule has 0 unspecified atom stereocenters. The molecule has 26 heavy (non-hydrogen) atoms. The van der Waals surface area contributed by atoms with Gasteiger partial charge in [0.2, 0.25) is 5.91 Å². The fourth-order valence-electron chi connectivity index (χ4n) is 2.98. The molecule has 0 atom stereocenters. The topological polar surface area (TPSA) is 94.2 Å². The van der Waals surface area contributed by atoms with Gasteiger partial charge >= 0.3 is 12.0 Å². The molecule has 0 aromatic carbocycles. The van der Waals surface area contributed by atoms with Gasteiger partial charge in [0.25, 0.3) is 0 Å². The van der Waals surface area contributed by atoms with Crippen LogP contribution in [0.25, 0.3) is 0 Å². The van der Waals surface area contributed by atoms with Crippen LogP contribution in [0.3, 0.4) is 0 Å². The quantitative estimate of drug-likeness (QED) is 0.598. The van der Waals surface area contributed by atoms with Crippen LogP contribution < -0.4 is 10.6 Å². The minimum absolute atomic E-state index is 0.0939. The Morgan fingerprint density at radius 3 is 2.54 bits per heavy atom. The van der Waals surface area contributed by atoms with Gasteiger partial charge in [-0.05, 0) is 26.4 Å². The maximum Gasteiger partial charge on any atom is 0.337 e. The van der Waals surface area contributed by atoms with E-state index in [0.29, 0.717) is 31.0 Å². The molecule has 0 aliphatic carbocycles. The van der Waals surface area contributed by atoms with Gasteiger partial charge in [-0.2, -0.15) is 0 Å². The van der Waals surface area contributed by atoms with Crippen molar-refractivity contribution in [1.82, 2.24) is 25.3 Å².